The summed E-state index contributed by atoms with van der Waals surface area (Å²) in [6, 6.07) is 19.6. The van der Waals surface area contributed by atoms with E-state index >= 15 is 0 Å². The standard InChI is InChI=1S/C29H30N2O6.Na/c1-19-16-24(35-15-14-29(34)12-13-29)10-11-25(19)26-5-3-4-22(20(26)2)18-36-23-8-6-21(7-9-23)17-31-27(32)30-28(33)37-31;/h3-11,16,34H,12-15,17-18H2,1-2H3,(H,30,32,33);/q;+1/p-1. The molecular formula is C29H29N2NaO6. The van der Waals surface area contributed by atoms with E-state index in [1.807, 2.05) is 42.5 Å². The second kappa shape index (κ2) is 11.8. The molecule has 1 fully saturated rings. The molecule has 3 aromatic carbocycles. The van der Waals surface area contributed by atoms with Crippen molar-refractivity contribution in [2.24, 2.45) is 0 Å². The summed E-state index contributed by atoms with van der Waals surface area (Å²) in [5, 5.41) is 9.99. The maximum atomic E-state index is 11.6. The van der Waals surface area contributed by atoms with Crippen LogP contribution in [-0.2, 0) is 13.2 Å². The first-order valence-electron chi connectivity index (χ1n) is 12.3. The minimum absolute atomic E-state index is 0. The first kappa shape index (κ1) is 28.0. The fourth-order valence-electron chi connectivity index (χ4n) is 4.32. The number of hydrogen-bond acceptors (Lipinski definition) is 6. The van der Waals surface area contributed by atoms with Gasteiger partial charge < -0.3 is 24.1 Å². The van der Waals surface area contributed by atoms with Crippen LogP contribution in [-0.4, -0.2) is 22.1 Å². The zero-order valence-corrected chi connectivity index (χ0v) is 23.9. The molecule has 192 valence electrons. The van der Waals surface area contributed by atoms with Gasteiger partial charge in [-0.15, -0.1) is 0 Å². The summed E-state index contributed by atoms with van der Waals surface area (Å²) in [6.45, 7) is 5.22. The molecule has 0 amide bonds. The van der Waals surface area contributed by atoms with Gasteiger partial charge in [0.05, 0.1) is 12.2 Å². The second-order valence-electron chi connectivity index (χ2n) is 9.61. The average molecular weight is 525 g/mol. The van der Waals surface area contributed by atoms with Crippen molar-refractivity contribution in [2.45, 2.75) is 51.9 Å². The Morgan fingerprint density at radius 2 is 1.71 bits per heavy atom. The molecule has 5 rings (SSSR count). The Labute approximate surface area is 242 Å². The monoisotopic (exact) mass is 524 g/mol. The van der Waals surface area contributed by atoms with Crippen LogP contribution in [0.3, 0.4) is 0 Å². The summed E-state index contributed by atoms with van der Waals surface area (Å²) in [5.41, 5.74) is 5.21. The predicted molar refractivity (Wildman–Crippen MR) is 138 cm³/mol. The van der Waals surface area contributed by atoms with Gasteiger partial charge in [-0.1, -0.05) is 36.4 Å². The van der Waals surface area contributed by atoms with E-state index in [4.69, 9.17) is 14.0 Å². The van der Waals surface area contributed by atoms with Gasteiger partial charge in [0, 0.05) is 13.0 Å². The van der Waals surface area contributed by atoms with Crippen molar-refractivity contribution in [2.75, 3.05) is 6.61 Å². The molecule has 1 heterocycles. The minimum atomic E-state index is -0.897. The third kappa shape index (κ3) is 6.69. The van der Waals surface area contributed by atoms with Crippen LogP contribution in [0.4, 0.5) is 0 Å². The van der Waals surface area contributed by atoms with Gasteiger partial charge in [-0.2, -0.15) is 0 Å². The maximum Gasteiger partial charge on any atom is 1.00 e. The van der Waals surface area contributed by atoms with Crippen LogP contribution in [0.15, 0.2) is 74.8 Å². The van der Waals surface area contributed by atoms with Crippen LogP contribution >= 0.6 is 0 Å². The van der Waals surface area contributed by atoms with E-state index in [9.17, 15) is 14.7 Å². The Morgan fingerprint density at radius 1 is 0.974 bits per heavy atom. The number of hydrogen-bond donors (Lipinski definition) is 1. The number of aliphatic hydroxyl groups is 1. The largest absolute Gasteiger partial charge is 1.00 e. The third-order valence-corrected chi connectivity index (χ3v) is 6.83. The quantitative estimate of drug-likeness (QED) is 0.308. The summed E-state index contributed by atoms with van der Waals surface area (Å²) >= 11 is 0. The Kier molecular flexibility index (Phi) is 8.67. The van der Waals surface area contributed by atoms with Crippen LogP contribution < -0.4 is 55.5 Å². The summed E-state index contributed by atoms with van der Waals surface area (Å²) in [6.07, 6.45) is 2.41. The SMILES string of the molecule is Cc1cc(OCCC2(O)CC2)ccc1-c1cccc(COc2ccc(Cn3oc(=O)[n-]c3=O)cc2)c1C.[Na+]. The molecule has 0 saturated heterocycles. The number of benzene rings is 3. The van der Waals surface area contributed by atoms with Gasteiger partial charge >= 0.3 is 35.3 Å². The van der Waals surface area contributed by atoms with Gasteiger partial charge in [0.25, 0.3) is 0 Å². The van der Waals surface area contributed by atoms with Crippen molar-refractivity contribution in [1.82, 2.24) is 9.72 Å². The van der Waals surface area contributed by atoms with Gasteiger partial charge in [0.1, 0.15) is 18.1 Å². The van der Waals surface area contributed by atoms with E-state index < -0.39 is 17.0 Å². The van der Waals surface area contributed by atoms with Crippen LogP contribution in [0.2, 0.25) is 0 Å². The van der Waals surface area contributed by atoms with E-state index in [-0.39, 0.29) is 36.1 Å². The van der Waals surface area contributed by atoms with Gasteiger partial charge in [-0.25, -0.2) is 4.79 Å². The van der Waals surface area contributed by atoms with E-state index in [2.05, 4.69) is 37.0 Å². The molecule has 9 heteroatoms. The van der Waals surface area contributed by atoms with Crippen LogP contribution in [0.1, 0.15) is 41.5 Å². The number of nitrogens with zero attached hydrogens (tertiary/aromatic N) is 2. The summed E-state index contributed by atoms with van der Waals surface area (Å²) < 4.78 is 17.6. The number of rotatable bonds is 10. The molecule has 38 heavy (non-hydrogen) atoms. The first-order valence-corrected chi connectivity index (χ1v) is 12.3. The molecule has 1 saturated carbocycles. The van der Waals surface area contributed by atoms with Crippen molar-refractivity contribution in [3.8, 4) is 22.6 Å². The second-order valence-corrected chi connectivity index (χ2v) is 9.61. The van der Waals surface area contributed by atoms with E-state index in [1.165, 1.54) is 0 Å². The molecule has 0 bridgehead atoms. The van der Waals surface area contributed by atoms with Crippen LogP contribution in [0, 0.1) is 13.8 Å². The summed E-state index contributed by atoms with van der Waals surface area (Å²) in [5.74, 6) is 0.607. The zero-order valence-electron chi connectivity index (χ0n) is 21.9. The smallest absolute Gasteiger partial charge is 0.493 e. The summed E-state index contributed by atoms with van der Waals surface area (Å²) in [7, 11) is 0. The van der Waals surface area contributed by atoms with E-state index in [1.54, 1.807) is 0 Å². The van der Waals surface area contributed by atoms with Crippen LogP contribution in [0.25, 0.3) is 11.1 Å². The molecular weight excluding hydrogens is 495 g/mol. The van der Waals surface area contributed by atoms with Crippen molar-refractivity contribution < 1.29 is 48.7 Å². The molecule has 0 spiro atoms. The summed E-state index contributed by atoms with van der Waals surface area (Å²) in [4.78, 5) is 25.9. The topological polar surface area (TPSA) is 105 Å². The van der Waals surface area contributed by atoms with Crippen molar-refractivity contribution in [3.63, 3.8) is 0 Å². The molecule has 1 aliphatic rings. The fourth-order valence-corrected chi connectivity index (χ4v) is 4.32. The molecule has 1 N–H and O–H groups in total. The van der Waals surface area contributed by atoms with Gasteiger partial charge in [-0.3, -0.25) is 9.53 Å². The molecule has 1 aromatic heterocycles. The molecule has 0 aliphatic heterocycles. The minimum Gasteiger partial charge on any atom is -0.493 e. The first-order chi connectivity index (χ1) is 17.8. The van der Waals surface area contributed by atoms with Crippen molar-refractivity contribution in [3.05, 3.63) is 104 Å². The van der Waals surface area contributed by atoms with Gasteiger partial charge in [-0.05, 0) is 84.3 Å². The van der Waals surface area contributed by atoms with E-state index in [0.717, 1.165) is 56.7 Å². The average Bonchev–Trinajstić information content (AvgIpc) is 3.52. The zero-order chi connectivity index (χ0) is 26.0. The normalized spacial score (nSPS) is 13.6. The number of aromatic nitrogens is 2. The Morgan fingerprint density at radius 3 is 2.37 bits per heavy atom. The Bertz CT molecular complexity index is 1520. The van der Waals surface area contributed by atoms with Gasteiger partial charge in [0.2, 0.25) is 0 Å². The maximum absolute atomic E-state index is 11.6. The predicted octanol–water partition coefficient (Wildman–Crippen LogP) is 0.968. The van der Waals surface area contributed by atoms with Crippen molar-refractivity contribution in [1.29, 1.82) is 0 Å². The van der Waals surface area contributed by atoms with Crippen molar-refractivity contribution >= 4 is 0 Å². The molecule has 1 aliphatic carbocycles. The number of aryl methyl sites for hydroxylation is 1. The molecule has 4 aromatic rings. The molecule has 0 atom stereocenters. The number of ether oxygens (including phenoxy) is 2. The Balaban J connectivity index is 0.00000336. The van der Waals surface area contributed by atoms with Gasteiger partial charge in [0.15, 0.2) is 5.69 Å². The van der Waals surface area contributed by atoms with E-state index in [0.29, 0.717) is 25.4 Å². The van der Waals surface area contributed by atoms with Crippen LogP contribution in [0.5, 0.6) is 11.5 Å². The fraction of sp³-hybridized carbons (Fsp3) is 0.310. The molecule has 0 radical (unpaired) electrons. The molecule has 0 unspecified atom stereocenters. The third-order valence-electron chi connectivity index (χ3n) is 6.83. The Hall–Kier alpha value is -3.04. The molecule has 8 nitrogen and oxygen atoms in total.